The molecule has 0 atom stereocenters. The first-order chi connectivity index (χ1) is 11.2. The predicted molar refractivity (Wildman–Crippen MR) is 85.5 cm³/mol. The summed E-state index contributed by atoms with van der Waals surface area (Å²) in [6, 6.07) is 3.77. The molecule has 3 rings (SSSR count). The standard InChI is InChI=1S/C16H21N3O4/c1-22-9-6-18-4-2-13-3-5-19(16(21)15(13)18)12-14(20)17-7-10-23-11-8-17/h2-5H,6-12H2,1H3. The number of hydrogen-bond donors (Lipinski definition) is 0. The van der Waals surface area contributed by atoms with Crippen LogP contribution in [-0.2, 0) is 27.4 Å². The number of aromatic nitrogens is 2. The lowest BCUT2D eigenvalue weighted by Gasteiger charge is -2.27. The minimum absolute atomic E-state index is 0.0512. The van der Waals surface area contributed by atoms with Crippen molar-refractivity contribution in [1.29, 1.82) is 0 Å². The monoisotopic (exact) mass is 319 g/mol. The molecule has 0 N–H and O–H groups in total. The van der Waals surface area contributed by atoms with Crippen molar-refractivity contribution in [3.05, 3.63) is 34.9 Å². The molecule has 0 unspecified atom stereocenters. The van der Waals surface area contributed by atoms with Crippen LogP contribution in [0.3, 0.4) is 0 Å². The second-order valence-corrected chi connectivity index (χ2v) is 5.55. The first-order valence-electron chi connectivity index (χ1n) is 7.73. The Labute approximate surface area is 134 Å². The number of hydrogen-bond acceptors (Lipinski definition) is 4. The zero-order valence-electron chi connectivity index (χ0n) is 13.2. The zero-order chi connectivity index (χ0) is 16.2. The summed E-state index contributed by atoms with van der Waals surface area (Å²) in [4.78, 5) is 26.8. The number of ether oxygens (including phenoxy) is 2. The highest BCUT2D eigenvalue weighted by molar-refractivity contribution is 5.80. The maximum absolute atomic E-state index is 12.7. The quantitative estimate of drug-likeness (QED) is 0.795. The maximum Gasteiger partial charge on any atom is 0.275 e. The summed E-state index contributed by atoms with van der Waals surface area (Å²) in [5.41, 5.74) is 0.463. The largest absolute Gasteiger partial charge is 0.383 e. The molecule has 7 heteroatoms. The Bertz CT molecular complexity index is 743. The Morgan fingerprint density at radius 1 is 1.22 bits per heavy atom. The van der Waals surface area contributed by atoms with Crippen molar-refractivity contribution in [3.63, 3.8) is 0 Å². The van der Waals surface area contributed by atoms with Gasteiger partial charge in [0.1, 0.15) is 12.1 Å². The van der Waals surface area contributed by atoms with Crippen molar-refractivity contribution in [2.75, 3.05) is 40.0 Å². The Hall–Kier alpha value is -2.12. The second kappa shape index (κ2) is 6.97. The van der Waals surface area contributed by atoms with Gasteiger partial charge in [-0.3, -0.25) is 9.59 Å². The highest BCUT2D eigenvalue weighted by atomic mass is 16.5. The van der Waals surface area contributed by atoms with Gasteiger partial charge in [-0.2, -0.15) is 0 Å². The second-order valence-electron chi connectivity index (χ2n) is 5.55. The summed E-state index contributed by atoms with van der Waals surface area (Å²) in [6.45, 7) is 3.48. The molecule has 0 aliphatic carbocycles. The Balaban J connectivity index is 1.84. The summed E-state index contributed by atoms with van der Waals surface area (Å²) < 4.78 is 13.7. The molecular formula is C16H21N3O4. The van der Waals surface area contributed by atoms with Crippen LogP contribution >= 0.6 is 0 Å². The van der Waals surface area contributed by atoms with E-state index in [1.807, 2.05) is 22.9 Å². The molecule has 1 saturated heterocycles. The fraction of sp³-hybridized carbons (Fsp3) is 0.500. The van der Waals surface area contributed by atoms with E-state index in [0.717, 1.165) is 5.39 Å². The smallest absolute Gasteiger partial charge is 0.275 e. The number of amides is 1. The number of rotatable bonds is 5. The lowest BCUT2D eigenvalue weighted by atomic mass is 10.3. The van der Waals surface area contributed by atoms with Gasteiger partial charge in [-0.1, -0.05) is 0 Å². The predicted octanol–water partition coefficient (Wildman–Crippen LogP) is 0.308. The Morgan fingerprint density at radius 2 is 1.91 bits per heavy atom. The van der Waals surface area contributed by atoms with Crippen molar-refractivity contribution in [2.45, 2.75) is 13.1 Å². The minimum Gasteiger partial charge on any atom is -0.383 e. The number of nitrogens with zero attached hydrogens (tertiary/aromatic N) is 3. The number of morpholine rings is 1. The molecule has 1 aliphatic rings. The molecule has 124 valence electrons. The maximum atomic E-state index is 12.7. The molecule has 0 aromatic carbocycles. The molecule has 2 aromatic heterocycles. The van der Waals surface area contributed by atoms with Crippen molar-refractivity contribution in [1.82, 2.24) is 14.0 Å². The van der Waals surface area contributed by atoms with Crippen LogP contribution in [-0.4, -0.2) is 60.0 Å². The number of carbonyl (C=O) groups is 1. The SMILES string of the molecule is COCCn1ccc2ccn(CC(=O)N3CCOCC3)c(=O)c21. The molecule has 3 heterocycles. The number of carbonyl (C=O) groups excluding carboxylic acids is 1. The topological polar surface area (TPSA) is 65.7 Å². The summed E-state index contributed by atoms with van der Waals surface area (Å²) in [5.74, 6) is -0.0512. The fourth-order valence-electron chi connectivity index (χ4n) is 2.80. The van der Waals surface area contributed by atoms with Crippen LogP contribution in [0, 0.1) is 0 Å². The zero-order valence-corrected chi connectivity index (χ0v) is 13.2. The molecule has 23 heavy (non-hydrogen) atoms. The third kappa shape index (κ3) is 3.30. The van der Waals surface area contributed by atoms with E-state index < -0.39 is 0 Å². The molecule has 1 fully saturated rings. The molecule has 1 aliphatic heterocycles. The molecule has 7 nitrogen and oxygen atoms in total. The third-order valence-electron chi connectivity index (χ3n) is 4.10. The third-order valence-corrected chi connectivity index (χ3v) is 4.10. The van der Waals surface area contributed by atoms with E-state index >= 15 is 0 Å². The number of methoxy groups -OCH3 is 1. The van der Waals surface area contributed by atoms with Gasteiger partial charge in [-0.15, -0.1) is 0 Å². The first kappa shape index (κ1) is 15.8. The normalized spacial score (nSPS) is 15.3. The molecule has 0 radical (unpaired) electrons. The highest BCUT2D eigenvalue weighted by Crippen LogP contribution is 2.11. The van der Waals surface area contributed by atoms with Gasteiger partial charge in [0.2, 0.25) is 5.91 Å². The van der Waals surface area contributed by atoms with Crippen LogP contribution in [0.1, 0.15) is 0 Å². The molecule has 1 amide bonds. The molecule has 2 aromatic rings. The highest BCUT2D eigenvalue weighted by Gasteiger charge is 2.18. The lowest BCUT2D eigenvalue weighted by Crippen LogP contribution is -2.43. The summed E-state index contributed by atoms with van der Waals surface area (Å²) >= 11 is 0. The van der Waals surface area contributed by atoms with Crippen LogP contribution in [0.4, 0.5) is 0 Å². The summed E-state index contributed by atoms with van der Waals surface area (Å²) in [6.07, 6.45) is 3.56. The van der Waals surface area contributed by atoms with E-state index in [1.54, 1.807) is 18.2 Å². The molecule has 0 spiro atoms. The number of pyridine rings is 1. The van der Waals surface area contributed by atoms with Gasteiger partial charge in [0.15, 0.2) is 0 Å². The summed E-state index contributed by atoms with van der Waals surface area (Å²) in [7, 11) is 1.63. The van der Waals surface area contributed by atoms with Crippen LogP contribution < -0.4 is 5.56 Å². The van der Waals surface area contributed by atoms with Crippen molar-refractivity contribution < 1.29 is 14.3 Å². The Kier molecular flexibility index (Phi) is 4.78. The fourth-order valence-corrected chi connectivity index (χ4v) is 2.80. The average molecular weight is 319 g/mol. The van der Waals surface area contributed by atoms with E-state index in [-0.39, 0.29) is 18.0 Å². The summed E-state index contributed by atoms with van der Waals surface area (Å²) in [5, 5.41) is 0.876. The van der Waals surface area contributed by atoms with Gasteiger partial charge < -0.3 is 23.5 Å². The van der Waals surface area contributed by atoms with Gasteiger partial charge in [-0.25, -0.2) is 0 Å². The Morgan fingerprint density at radius 3 is 2.61 bits per heavy atom. The molecule has 0 bridgehead atoms. The van der Waals surface area contributed by atoms with Crippen LogP contribution in [0.15, 0.2) is 29.3 Å². The van der Waals surface area contributed by atoms with Crippen LogP contribution in [0.2, 0.25) is 0 Å². The van der Waals surface area contributed by atoms with E-state index in [9.17, 15) is 9.59 Å². The van der Waals surface area contributed by atoms with Crippen LogP contribution in [0.5, 0.6) is 0 Å². The van der Waals surface area contributed by atoms with Crippen molar-refractivity contribution in [3.8, 4) is 0 Å². The van der Waals surface area contributed by atoms with E-state index in [1.165, 1.54) is 4.57 Å². The molecule has 0 saturated carbocycles. The number of fused-ring (bicyclic) bond motifs is 1. The van der Waals surface area contributed by atoms with Crippen LogP contribution in [0.25, 0.3) is 10.9 Å². The first-order valence-corrected chi connectivity index (χ1v) is 7.73. The van der Waals surface area contributed by atoms with E-state index in [4.69, 9.17) is 9.47 Å². The lowest BCUT2D eigenvalue weighted by molar-refractivity contribution is -0.135. The van der Waals surface area contributed by atoms with Gasteiger partial charge >= 0.3 is 0 Å². The molecular weight excluding hydrogens is 298 g/mol. The van der Waals surface area contributed by atoms with Crippen molar-refractivity contribution in [2.24, 2.45) is 0 Å². The van der Waals surface area contributed by atoms with Gasteiger partial charge in [-0.05, 0) is 12.1 Å². The van der Waals surface area contributed by atoms with Gasteiger partial charge in [0.05, 0.1) is 19.8 Å². The van der Waals surface area contributed by atoms with E-state index in [0.29, 0.717) is 45.0 Å². The van der Waals surface area contributed by atoms with Gasteiger partial charge in [0, 0.05) is 44.5 Å². The minimum atomic E-state index is -0.148. The van der Waals surface area contributed by atoms with Crippen molar-refractivity contribution >= 4 is 16.8 Å². The van der Waals surface area contributed by atoms with Gasteiger partial charge in [0.25, 0.3) is 5.56 Å². The van der Waals surface area contributed by atoms with E-state index in [2.05, 4.69) is 0 Å². The average Bonchev–Trinajstić information content (AvgIpc) is 3.00.